The van der Waals surface area contributed by atoms with Gasteiger partial charge in [0.1, 0.15) is 11.9 Å². The Morgan fingerprint density at radius 3 is 2.93 bits per heavy atom. The monoisotopic (exact) mass is 207 g/mol. The highest BCUT2D eigenvalue weighted by molar-refractivity contribution is 5.28. The first kappa shape index (κ1) is 10.5. The molecule has 0 amide bonds. The van der Waals surface area contributed by atoms with Gasteiger partial charge < -0.3 is 15.6 Å². The summed E-state index contributed by atoms with van der Waals surface area (Å²) in [6.45, 7) is 0.518. The van der Waals surface area contributed by atoms with Crippen LogP contribution in [0.3, 0.4) is 0 Å². The Morgan fingerprint density at radius 1 is 1.40 bits per heavy atom. The number of ether oxygens (including phenoxy) is 1. The van der Waals surface area contributed by atoms with Crippen molar-refractivity contribution < 1.29 is 9.84 Å². The van der Waals surface area contributed by atoms with Gasteiger partial charge in [0.25, 0.3) is 0 Å². The lowest BCUT2D eigenvalue weighted by Gasteiger charge is -2.17. The van der Waals surface area contributed by atoms with Crippen LogP contribution in [0.2, 0.25) is 0 Å². The van der Waals surface area contributed by atoms with Gasteiger partial charge in [-0.05, 0) is 37.0 Å². The van der Waals surface area contributed by atoms with Crippen LogP contribution in [0.1, 0.15) is 24.8 Å². The zero-order valence-corrected chi connectivity index (χ0v) is 8.73. The van der Waals surface area contributed by atoms with Crippen LogP contribution >= 0.6 is 0 Å². The summed E-state index contributed by atoms with van der Waals surface area (Å²) >= 11 is 0. The molecule has 2 unspecified atom stereocenters. The van der Waals surface area contributed by atoms with Gasteiger partial charge in [-0.15, -0.1) is 0 Å². The van der Waals surface area contributed by atoms with Crippen LogP contribution in [0, 0.1) is 0 Å². The number of rotatable bonds is 3. The standard InChI is InChI=1S/C12H17NO2/c13-8-9-3-1-4-10(7-9)15-12-6-2-5-11(12)14/h1,3-4,7,11-12,14H,2,5-6,8,13H2. The third kappa shape index (κ3) is 2.49. The zero-order valence-electron chi connectivity index (χ0n) is 8.73. The largest absolute Gasteiger partial charge is 0.488 e. The molecule has 2 rings (SSSR count). The number of benzene rings is 1. The smallest absolute Gasteiger partial charge is 0.124 e. The van der Waals surface area contributed by atoms with Gasteiger partial charge in [-0.1, -0.05) is 12.1 Å². The Morgan fingerprint density at radius 2 is 2.27 bits per heavy atom. The van der Waals surface area contributed by atoms with Crippen molar-refractivity contribution in [2.75, 3.05) is 0 Å². The maximum atomic E-state index is 9.63. The van der Waals surface area contributed by atoms with E-state index in [0.717, 1.165) is 30.6 Å². The van der Waals surface area contributed by atoms with Crippen molar-refractivity contribution in [2.45, 2.75) is 38.0 Å². The van der Waals surface area contributed by atoms with E-state index in [1.807, 2.05) is 24.3 Å². The van der Waals surface area contributed by atoms with Gasteiger partial charge in [0.15, 0.2) is 0 Å². The van der Waals surface area contributed by atoms with Crippen LogP contribution in [0.15, 0.2) is 24.3 Å². The maximum absolute atomic E-state index is 9.63. The molecule has 2 atom stereocenters. The molecule has 3 heteroatoms. The Bertz CT molecular complexity index is 327. The SMILES string of the molecule is NCc1cccc(OC2CCCC2O)c1. The topological polar surface area (TPSA) is 55.5 Å². The van der Waals surface area contributed by atoms with Gasteiger partial charge in [0.2, 0.25) is 0 Å². The van der Waals surface area contributed by atoms with E-state index in [-0.39, 0.29) is 12.2 Å². The third-order valence-electron chi connectivity index (χ3n) is 2.84. The summed E-state index contributed by atoms with van der Waals surface area (Å²) in [4.78, 5) is 0. The molecule has 0 aromatic heterocycles. The highest BCUT2D eigenvalue weighted by Gasteiger charge is 2.26. The lowest BCUT2D eigenvalue weighted by atomic mass is 10.2. The van der Waals surface area contributed by atoms with Gasteiger partial charge in [0.05, 0.1) is 6.10 Å². The van der Waals surface area contributed by atoms with Crippen LogP contribution in [-0.2, 0) is 6.54 Å². The Hall–Kier alpha value is -1.06. The van der Waals surface area contributed by atoms with Crippen LogP contribution in [0.5, 0.6) is 5.75 Å². The molecule has 1 fully saturated rings. The van der Waals surface area contributed by atoms with E-state index in [4.69, 9.17) is 10.5 Å². The van der Waals surface area contributed by atoms with E-state index in [1.54, 1.807) is 0 Å². The molecule has 82 valence electrons. The number of hydrogen-bond donors (Lipinski definition) is 2. The summed E-state index contributed by atoms with van der Waals surface area (Å²) in [5, 5.41) is 9.63. The molecule has 0 spiro atoms. The fourth-order valence-electron chi connectivity index (χ4n) is 1.96. The minimum absolute atomic E-state index is 0.0435. The lowest BCUT2D eigenvalue weighted by Crippen LogP contribution is -2.25. The van der Waals surface area contributed by atoms with Crippen molar-refractivity contribution >= 4 is 0 Å². The van der Waals surface area contributed by atoms with Gasteiger partial charge >= 0.3 is 0 Å². The van der Waals surface area contributed by atoms with Crippen molar-refractivity contribution in [2.24, 2.45) is 5.73 Å². The average Bonchev–Trinajstić information content (AvgIpc) is 2.65. The van der Waals surface area contributed by atoms with Gasteiger partial charge in [-0.3, -0.25) is 0 Å². The molecule has 1 aliphatic carbocycles. The van der Waals surface area contributed by atoms with E-state index in [1.165, 1.54) is 0 Å². The predicted octanol–water partition coefficient (Wildman–Crippen LogP) is 1.44. The Balaban J connectivity index is 2.03. The Kier molecular flexibility index (Phi) is 3.23. The van der Waals surface area contributed by atoms with Gasteiger partial charge in [0, 0.05) is 6.54 Å². The van der Waals surface area contributed by atoms with Crippen molar-refractivity contribution in [3.8, 4) is 5.75 Å². The molecule has 0 saturated heterocycles. The van der Waals surface area contributed by atoms with Crippen molar-refractivity contribution in [1.29, 1.82) is 0 Å². The number of hydrogen-bond acceptors (Lipinski definition) is 3. The number of aliphatic hydroxyl groups is 1. The summed E-state index contributed by atoms with van der Waals surface area (Å²) in [5.74, 6) is 0.809. The maximum Gasteiger partial charge on any atom is 0.124 e. The molecule has 0 aliphatic heterocycles. The molecule has 1 aromatic rings. The molecule has 3 nitrogen and oxygen atoms in total. The highest BCUT2D eigenvalue weighted by atomic mass is 16.5. The van der Waals surface area contributed by atoms with E-state index in [0.29, 0.717) is 6.54 Å². The second kappa shape index (κ2) is 4.64. The van der Waals surface area contributed by atoms with Crippen LogP contribution in [-0.4, -0.2) is 17.3 Å². The summed E-state index contributed by atoms with van der Waals surface area (Å²) in [7, 11) is 0. The predicted molar refractivity (Wildman–Crippen MR) is 58.6 cm³/mol. The minimum atomic E-state index is -0.313. The highest BCUT2D eigenvalue weighted by Crippen LogP contribution is 2.25. The van der Waals surface area contributed by atoms with E-state index >= 15 is 0 Å². The second-order valence-electron chi connectivity index (χ2n) is 4.01. The molecule has 0 heterocycles. The average molecular weight is 207 g/mol. The van der Waals surface area contributed by atoms with E-state index in [2.05, 4.69) is 0 Å². The van der Waals surface area contributed by atoms with Crippen LogP contribution in [0.4, 0.5) is 0 Å². The summed E-state index contributed by atoms with van der Waals surface area (Å²) in [6.07, 6.45) is 2.47. The van der Waals surface area contributed by atoms with E-state index < -0.39 is 0 Å². The summed E-state index contributed by atoms with van der Waals surface area (Å²) in [6, 6.07) is 7.74. The Labute approximate surface area is 89.9 Å². The zero-order chi connectivity index (χ0) is 10.7. The molecule has 3 N–H and O–H groups in total. The van der Waals surface area contributed by atoms with Crippen LogP contribution < -0.4 is 10.5 Å². The normalized spacial score (nSPS) is 25.5. The minimum Gasteiger partial charge on any atom is -0.488 e. The first-order chi connectivity index (χ1) is 7.29. The number of aliphatic hydroxyl groups excluding tert-OH is 1. The van der Waals surface area contributed by atoms with Crippen molar-refractivity contribution in [1.82, 2.24) is 0 Å². The van der Waals surface area contributed by atoms with Gasteiger partial charge in [-0.2, -0.15) is 0 Å². The molecule has 1 aliphatic rings. The third-order valence-corrected chi connectivity index (χ3v) is 2.84. The fraction of sp³-hybridized carbons (Fsp3) is 0.500. The first-order valence-corrected chi connectivity index (χ1v) is 5.43. The molecule has 0 bridgehead atoms. The number of nitrogens with two attached hydrogens (primary N) is 1. The van der Waals surface area contributed by atoms with Crippen molar-refractivity contribution in [3.63, 3.8) is 0 Å². The molecule has 1 aromatic carbocycles. The molecular formula is C12H17NO2. The second-order valence-corrected chi connectivity index (χ2v) is 4.01. The molecule has 1 saturated carbocycles. The summed E-state index contributed by atoms with van der Waals surface area (Å²) < 4.78 is 5.72. The fourth-order valence-corrected chi connectivity index (χ4v) is 1.96. The molecule has 15 heavy (non-hydrogen) atoms. The first-order valence-electron chi connectivity index (χ1n) is 5.43. The molecular weight excluding hydrogens is 190 g/mol. The van der Waals surface area contributed by atoms with Crippen LogP contribution in [0.25, 0.3) is 0 Å². The lowest BCUT2D eigenvalue weighted by molar-refractivity contribution is 0.0603. The van der Waals surface area contributed by atoms with E-state index in [9.17, 15) is 5.11 Å². The quantitative estimate of drug-likeness (QED) is 0.788. The summed E-state index contributed by atoms with van der Waals surface area (Å²) in [5.41, 5.74) is 6.60. The van der Waals surface area contributed by atoms with Gasteiger partial charge in [-0.25, -0.2) is 0 Å². The van der Waals surface area contributed by atoms with Crippen molar-refractivity contribution in [3.05, 3.63) is 29.8 Å². The molecule has 0 radical (unpaired) electrons.